The molecule has 7 aromatic carbocycles. The summed E-state index contributed by atoms with van der Waals surface area (Å²) >= 11 is 0.279. The average Bonchev–Trinajstić information content (AvgIpc) is 3.59. The van der Waals surface area contributed by atoms with Gasteiger partial charge in [-0.25, -0.2) is 0 Å². The molecule has 0 N–H and O–H groups in total. The molecular weight excluding hydrogens is 565 g/mol. The first-order valence-corrected chi connectivity index (χ1v) is 15.6. The van der Waals surface area contributed by atoms with Crippen LogP contribution in [-0.4, -0.2) is 14.5 Å². The zero-order chi connectivity index (χ0) is 26.9. The summed E-state index contributed by atoms with van der Waals surface area (Å²) in [5.41, 5.74) is 5.13. The third-order valence-corrected chi connectivity index (χ3v) is 10.7. The number of benzene rings is 7. The monoisotopic (exact) mass is 589 g/mol. The van der Waals surface area contributed by atoms with Crippen LogP contribution in [0.4, 0.5) is 17.1 Å². The third-order valence-electron chi connectivity index (χ3n) is 8.22. The normalized spacial score (nSPS) is 11.9. The van der Waals surface area contributed by atoms with Crippen molar-refractivity contribution in [2.75, 3.05) is 4.90 Å². The van der Waals surface area contributed by atoms with Crippen molar-refractivity contribution >= 4 is 94.3 Å². The molecule has 9 rings (SSSR count). The molecule has 0 bridgehead atoms. The zero-order valence-corrected chi connectivity index (χ0v) is 23.8. The van der Waals surface area contributed by atoms with Crippen LogP contribution < -0.4 is 4.90 Å². The standard InChI is InChI=1S/C38H23NOSe/c1-2-8-26(9-3-1)39(28-19-21-30-29-10-4-6-12-34(29)40-35(30)23-28)27-18-16-24-14-15-25-17-20-32-31-11-5-7-13-36(31)41-38(32)37(25)33(24)22-27/h1-23H. The molecule has 0 aliphatic rings. The summed E-state index contributed by atoms with van der Waals surface area (Å²) < 4.78 is 9.27. The van der Waals surface area contributed by atoms with E-state index in [1.807, 2.05) is 12.1 Å². The van der Waals surface area contributed by atoms with E-state index in [0.717, 1.165) is 39.0 Å². The molecule has 9 aromatic rings. The Labute approximate surface area is 242 Å². The number of rotatable bonds is 3. The molecule has 0 unspecified atom stereocenters. The summed E-state index contributed by atoms with van der Waals surface area (Å²) in [5, 5.41) is 10.3. The predicted octanol–water partition coefficient (Wildman–Crippen LogP) is 10.7. The quantitative estimate of drug-likeness (QED) is 0.151. The molecule has 0 spiro atoms. The second kappa shape index (κ2) is 8.84. The van der Waals surface area contributed by atoms with Crippen molar-refractivity contribution in [3.63, 3.8) is 0 Å². The van der Waals surface area contributed by atoms with Crippen LogP contribution in [0, 0.1) is 0 Å². The predicted molar refractivity (Wildman–Crippen MR) is 175 cm³/mol. The first kappa shape index (κ1) is 22.9. The fourth-order valence-electron chi connectivity index (χ4n) is 6.32. The minimum atomic E-state index is 0.279. The topological polar surface area (TPSA) is 16.4 Å². The fraction of sp³-hybridized carbons (Fsp3) is 0. The van der Waals surface area contributed by atoms with Crippen molar-refractivity contribution in [1.82, 2.24) is 0 Å². The van der Waals surface area contributed by atoms with Crippen molar-refractivity contribution in [3.05, 3.63) is 140 Å². The first-order chi connectivity index (χ1) is 20.3. The Morgan fingerprint density at radius 2 is 1.10 bits per heavy atom. The van der Waals surface area contributed by atoms with Gasteiger partial charge >= 0.3 is 231 Å². The van der Waals surface area contributed by atoms with Gasteiger partial charge < -0.3 is 0 Å². The molecule has 192 valence electrons. The molecule has 0 aliphatic heterocycles. The molecule has 0 saturated heterocycles. The van der Waals surface area contributed by atoms with Gasteiger partial charge in [-0.2, -0.15) is 0 Å². The van der Waals surface area contributed by atoms with E-state index in [2.05, 4.69) is 132 Å². The van der Waals surface area contributed by atoms with Gasteiger partial charge in [0.1, 0.15) is 0 Å². The van der Waals surface area contributed by atoms with Crippen molar-refractivity contribution in [2.24, 2.45) is 0 Å². The summed E-state index contributed by atoms with van der Waals surface area (Å²) in [6, 6.07) is 50.4. The number of nitrogens with zero attached hydrogens (tertiary/aromatic N) is 1. The Hall–Kier alpha value is -4.82. The van der Waals surface area contributed by atoms with E-state index in [1.54, 1.807) is 0 Å². The molecule has 0 fully saturated rings. The van der Waals surface area contributed by atoms with Gasteiger partial charge in [0, 0.05) is 0 Å². The maximum absolute atomic E-state index is 6.30. The number of para-hydroxylation sites is 2. The van der Waals surface area contributed by atoms with Gasteiger partial charge in [0.25, 0.3) is 0 Å². The Bertz CT molecular complexity index is 2430. The van der Waals surface area contributed by atoms with E-state index in [9.17, 15) is 0 Å². The third kappa shape index (κ3) is 3.50. The molecule has 2 nitrogen and oxygen atoms in total. The molecule has 41 heavy (non-hydrogen) atoms. The molecule has 0 aliphatic carbocycles. The maximum atomic E-state index is 6.30. The van der Waals surface area contributed by atoms with Crippen molar-refractivity contribution in [1.29, 1.82) is 0 Å². The van der Waals surface area contributed by atoms with Gasteiger partial charge in [-0.1, -0.05) is 12.1 Å². The molecule has 0 amide bonds. The van der Waals surface area contributed by atoms with Crippen LogP contribution >= 0.6 is 0 Å². The first-order valence-electron chi connectivity index (χ1n) is 13.9. The van der Waals surface area contributed by atoms with Crippen molar-refractivity contribution in [2.45, 2.75) is 0 Å². The van der Waals surface area contributed by atoms with Gasteiger partial charge in [0.2, 0.25) is 0 Å². The van der Waals surface area contributed by atoms with E-state index in [1.165, 1.54) is 40.8 Å². The summed E-state index contributed by atoms with van der Waals surface area (Å²) in [6.45, 7) is 0. The van der Waals surface area contributed by atoms with Crippen LogP contribution in [0.15, 0.2) is 144 Å². The number of hydrogen-bond acceptors (Lipinski definition) is 2. The van der Waals surface area contributed by atoms with Gasteiger partial charge in [-0.15, -0.1) is 0 Å². The molecular formula is C38H23NOSe. The Morgan fingerprint density at radius 3 is 2.02 bits per heavy atom. The second-order valence-corrected chi connectivity index (χ2v) is 12.8. The van der Waals surface area contributed by atoms with Crippen molar-refractivity contribution in [3.8, 4) is 0 Å². The molecule has 0 radical (unpaired) electrons. The number of anilines is 3. The Morgan fingerprint density at radius 1 is 0.439 bits per heavy atom. The zero-order valence-electron chi connectivity index (χ0n) is 22.0. The van der Waals surface area contributed by atoms with Gasteiger partial charge in [-0.05, 0) is 0 Å². The molecule has 3 heteroatoms. The van der Waals surface area contributed by atoms with Crippen LogP contribution in [0.3, 0.4) is 0 Å². The van der Waals surface area contributed by atoms with Crippen LogP contribution in [0.2, 0.25) is 0 Å². The van der Waals surface area contributed by atoms with Gasteiger partial charge in [-0.3, -0.25) is 0 Å². The number of fused-ring (bicyclic) bond motifs is 10. The molecule has 2 heterocycles. The summed E-state index contributed by atoms with van der Waals surface area (Å²) in [5.74, 6) is 0. The van der Waals surface area contributed by atoms with E-state index in [0.29, 0.717) is 0 Å². The van der Waals surface area contributed by atoms with Gasteiger partial charge in [0.15, 0.2) is 0 Å². The fourth-order valence-corrected chi connectivity index (χ4v) is 8.99. The van der Waals surface area contributed by atoms with E-state index >= 15 is 0 Å². The van der Waals surface area contributed by atoms with Crippen LogP contribution in [0.25, 0.3) is 62.8 Å². The van der Waals surface area contributed by atoms with Gasteiger partial charge in [0.05, 0.1) is 0 Å². The van der Waals surface area contributed by atoms with E-state index in [-0.39, 0.29) is 14.5 Å². The Balaban J connectivity index is 1.32. The van der Waals surface area contributed by atoms with Crippen LogP contribution in [0.1, 0.15) is 0 Å². The summed E-state index contributed by atoms with van der Waals surface area (Å²) in [6.07, 6.45) is 0. The SMILES string of the molecule is c1ccc(N(c2ccc3c(c2)oc2ccccc23)c2ccc3ccc4ccc5c6ccccc6[se]c5c4c3c2)cc1. The minimum absolute atomic E-state index is 0.279. The Kier molecular flexibility index (Phi) is 4.95. The number of hydrogen-bond donors (Lipinski definition) is 0. The second-order valence-electron chi connectivity index (χ2n) is 10.6. The van der Waals surface area contributed by atoms with Crippen LogP contribution in [-0.2, 0) is 0 Å². The molecule has 0 atom stereocenters. The average molecular weight is 589 g/mol. The number of furan rings is 1. The van der Waals surface area contributed by atoms with E-state index < -0.39 is 0 Å². The summed E-state index contributed by atoms with van der Waals surface area (Å²) in [4.78, 5) is 2.34. The summed E-state index contributed by atoms with van der Waals surface area (Å²) in [7, 11) is 0. The van der Waals surface area contributed by atoms with Crippen LogP contribution in [0.5, 0.6) is 0 Å². The molecule has 0 saturated carbocycles. The molecule has 2 aromatic heterocycles. The van der Waals surface area contributed by atoms with Crippen molar-refractivity contribution < 1.29 is 4.42 Å². The van der Waals surface area contributed by atoms with E-state index in [4.69, 9.17) is 4.42 Å².